The molecule has 2 amide bonds. The van der Waals surface area contributed by atoms with E-state index in [2.05, 4.69) is 365 Å². The summed E-state index contributed by atoms with van der Waals surface area (Å²) in [5, 5.41) is 17.8. The number of carbonyl (C=O) groups is 3. The minimum atomic E-state index is -0.345. The van der Waals surface area contributed by atoms with E-state index in [1.165, 1.54) is 113 Å². The molecular formula is C117H201N3O7S. The Bertz CT molecular complexity index is 4220. The molecule has 6 aromatic rings. The van der Waals surface area contributed by atoms with Gasteiger partial charge in [-0.3, -0.25) is 14.4 Å². The number of fused-ring (bicyclic) bond motifs is 1. The van der Waals surface area contributed by atoms with Crippen LogP contribution in [0.3, 0.4) is 0 Å². The minimum Gasteiger partial charge on any atom is -0.508 e. The standard InChI is InChI=1S/C18H27N.C16H31NO.C16H26O.C15H24O.C14H24O.C14H24S.C12H23NO.C12H22O2/c1-17(2,3)10-9-13-12-19-16-8-7-14(11-15(13)16)18(4,5)6;1-15(2,3)13(12-10-8-7-9-11-12)17-14(18)16(4,5)6;1-15(2,3)10-9-12-7-8-14(17)13(11-12)16(4,5)6;1-14(2,3)13-9-7-8-12(10-13)11-16-15(4,5)6;2*1-13(2,3)10-9-11-7-8-12(15-11)14(4,5)6;1-10(2,3)9(14)13-12(7-8-12)11(4,5)6;1-11(2,3)9-7-8(9)10(13)14-12(4,5)6/h7-8,11-12,19H,9-10H2,1-6H3;12-13H,7-11H2,1-6H3,(H,17,18);7-8,11,17H,9-10H2,1-6H3;7-10H,11H2,1-6H3;2*7-8H,9-10H2,1-6H3;7-8H2,1-6H3,(H,13,14);8-9H,7H2,1-6H3. The van der Waals surface area contributed by atoms with Gasteiger partial charge in [0.2, 0.25) is 11.8 Å². The third kappa shape index (κ3) is 46.8. The Hall–Kier alpha value is -5.65. The molecule has 3 saturated carbocycles. The van der Waals surface area contributed by atoms with Gasteiger partial charge in [0.25, 0.3) is 0 Å². The number of H-pyrrole nitrogens is 1. The highest BCUT2D eigenvalue weighted by atomic mass is 32.1. The van der Waals surface area contributed by atoms with Gasteiger partial charge in [-0.1, -0.05) is 353 Å². The molecule has 3 fully saturated rings. The fraction of sp³-hybridized carbons (Fsp3) is 0.735. The normalized spacial score (nSPS) is 16.5. The smallest absolute Gasteiger partial charge is 0.309 e. The molecule has 9 rings (SSSR count). The predicted molar refractivity (Wildman–Crippen MR) is 558 cm³/mol. The van der Waals surface area contributed by atoms with Crippen molar-refractivity contribution < 1.29 is 33.4 Å². The summed E-state index contributed by atoms with van der Waals surface area (Å²) in [5.41, 5.74) is 11.2. The van der Waals surface area contributed by atoms with Gasteiger partial charge >= 0.3 is 5.97 Å². The third-order valence-electron chi connectivity index (χ3n) is 24.2. The van der Waals surface area contributed by atoms with Crippen molar-refractivity contribution >= 4 is 40.0 Å². The van der Waals surface area contributed by atoms with E-state index in [1.54, 1.807) is 0 Å². The SMILES string of the molecule is CC(C)(C)C(=O)NC(C1CCCCC1)C(C)(C)C.CC(C)(C)C(=O)NC1(C(C)(C)C)CC1.CC(C)(C)CCc1c[nH]c2ccc(C(C)(C)C)cc12.CC(C)(C)CCc1ccc(C(C)(C)C)o1.CC(C)(C)CCc1ccc(C(C)(C)C)s1.CC(C)(C)CCc1ccc(O)c(C(C)(C)C)c1.CC(C)(C)OC(=O)C1CC1C(C)(C)C.CC(C)(C)OCc1cccc(C(C)(C)C)c1. The van der Waals surface area contributed by atoms with Crippen molar-refractivity contribution in [3.05, 3.63) is 146 Å². The van der Waals surface area contributed by atoms with Gasteiger partial charge in [-0.15, -0.1) is 11.3 Å². The van der Waals surface area contributed by atoms with E-state index < -0.39 is 0 Å². The number of furan rings is 1. The Morgan fingerprint density at radius 1 is 0.492 bits per heavy atom. The van der Waals surface area contributed by atoms with Crippen LogP contribution in [0.4, 0.5) is 0 Å². The second-order valence-corrected chi connectivity index (χ2v) is 56.6. The van der Waals surface area contributed by atoms with Crippen molar-refractivity contribution in [1.82, 2.24) is 15.6 Å². The van der Waals surface area contributed by atoms with Crippen LogP contribution in [0.2, 0.25) is 0 Å². The quantitative estimate of drug-likeness (QED) is 0.0796. The molecule has 10 nitrogen and oxygen atoms in total. The average Bonchev–Trinajstić information content (AvgIpc) is 1.60. The fourth-order valence-corrected chi connectivity index (χ4v) is 15.8. The van der Waals surface area contributed by atoms with Crippen LogP contribution in [0.15, 0.2) is 95.5 Å². The molecule has 0 aliphatic heterocycles. The first-order valence-electron chi connectivity index (χ1n) is 49.3. The molecule has 0 spiro atoms. The largest absolute Gasteiger partial charge is 0.508 e. The number of benzene rings is 3. The Kier molecular flexibility index (Phi) is 42.6. The Labute approximate surface area is 793 Å². The lowest BCUT2D eigenvalue weighted by molar-refractivity contribution is -0.157. The molecule has 3 aliphatic carbocycles. The van der Waals surface area contributed by atoms with E-state index >= 15 is 0 Å². The summed E-state index contributed by atoms with van der Waals surface area (Å²) in [5.74, 6) is 4.28. The van der Waals surface area contributed by atoms with Gasteiger partial charge in [0, 0.05) is 61.1 Å². The van der Waals surface area contributed by atoms with Crippen LogP contribution in [0.5, 0.6) is 5.75 Å². The second kappa shape index (κ2) is 46.1. The van der Waals surface area contributed by atoms with Crippen molar-refractivity contribution in [1.29, 1.82) is 0 Å². The number of esters is 1. The molecule has 3 unspecified atom stereocenters. The zero-order chi connectivity index (χ0) is 99.6. The van der Waals surface area contributed by atoms with Gasteiger partial charge in [-0.2, -0.15) is 0 Å². The fourth-order valence-electron chi connectivity index (χ4n) is 14.7. The number of phenolic OH excluding ortho intramolecular Hbond substituents is 1. The number of aromatic amines is 1. The Morgan fingerprint density at radius 3 is 1.41 bits per heavy atom. The van der Waals surface area contributed by atoms with Crippen LogP contribution >= 0.6 is 11.3 Å². The molecule has 3 atom stereocenters. The van der Waals surface area contributed by atoms with Crippen molar-refractivity contribution in [2.75, 3.05) is 0 Å². The van der Waals surface area contributed by atoms with Crippen LogP contribution in [0.1, 0.15) is 464 Å². The number of aromatic nitrogens is 1. The van der Waals surface area contributed by atoms with Crippen molar-refractivity contribution in [2.45, 2.75) is 492 Å². The van der Waals surface area contributed by atoms with Gasteiger partial charge < -0.3 is 34.6 Å². The van der Waals surface area contributed by atoms with E-state index in [0.717, 1.165) is 55.6 Å². The molecule has 4 N–H and O–H groups in total. The predicted octanol–water partition coefficient (Wildman–Crippen LogP) is 33.9. The number of thiophene rings is 1. The van der Waals surface area contributed by atoms with Crippen LogP contribution in [0.25, 0.3) is 10.9 Å². The topological polar surface area (TPSA) is 143 Å². The van der Waals surface area contributed by atoms with Crippen molar-refractivity contribution in [3.8, 4) is 5.75 Å². The first-order valence-corrected chi connectivity index (χ1v) is 50.2. The molecule has 11 heteroatoms. The first-order chi connectivity index (χ1) is 57.1. The summed E-state index contributed by atoms with van der Waals surface area (Å²) in [4.78, 5) is 42.2. The molecule has 732 valence electrons. The maximum atomic E-state index is 12.3. The number of phenols is 1. The van der Waals surface area contributed by atoms with Crippen LogP contribution in [-0.2, 0) is 83.2 Å². The maximum Gasteiger partial charge on any atom is 0.309 e. The molecule has 3 heterocycles. The molecule has 3 aromatic heterocycles. The lowest BCUT2D eigenvalue weighted by atomic mass is 9.72. The Morgan fingerprint density at radius 2 is 0.992 bits per heavy atom. The summed E-state index contributed by atoms with van der Waals surface area (Å²) < 4.78 is 17.0. The van der Waals surface area contributed by atoms with Crippen LogP contribution < -0.4 is 10.6 Å². The number of aromatic hydroxyl groups is 1. The number of aryl methyl sites for hydroxylation is 4. The van der Waals surface area contributed by atoms with Crippen LogP contribution in [0, 0.1) is 66.5 Å². The number of carbonyl (C=O) groups excluding carboxylic acids is 3. The van der Waals surface area contributed by atoms with Gasteiger partial charge in [0.1, 0.15) is 22.9 Å². The minimum absolute atomic E-state index is 0.00181. The number of hydrogen-bond acceptors (Lipinski definition) is 8. The first kappa shape index (κ1) is 118. The van der Waals surface area contributed by atoms with E-state index in [-0.39, 0.29) is 89.2 Å². The highest BCUT2D eigenvalue weighted by Gasteiger charge is 2.54. The number of hydrogen-bond donors (Lipinski definition) is 4. The molecule has 0 bridgehead atoms. The summed E-state index contributed by atoms with van der Waals surface area (Å²) in [6.45, 7) is 105. The van der Waals surface area contributed by atoms with E-state index in [0.29, 0.717) is 57.3 Å². The molecule has 0 saturated heterocycles. The van der Waals surface area contributed by atoms with Crippen molar-refractivity contribution in [3.63, 3.8) is 0 Å². The van der Waals surface area contributed by atoms with Gasteiger partial charge in [0.05, 0.1) is 18.1 Å². The summed E-state index contributed by atoms with van der Waals surface area (Å²) in [6, 6.07) is 30.6. The van der Waals surface area contributed by atoms with Gasteiger partial charge in [0.15, 0.2) is 0 Å². The van der Waals surface area contributed by atoms with Crippen LogP contribution in [-0.4, -0.2) is 50.7 Å². The molecule has 3 aromatic carbocycles. The zero-order valence-corrected chi connectivity index (χ0v) is 93.1. The summed E-state index contributed by atoms with van der Waals surface area (Å²) >= 11 is 1.98. The average molecular weight is 1790 g/mol. The summed E-state index contributed by atoms with van der Waals surface area (Å²) in [7, 11) is 0. The van der Waals surface area contributed by atoms with Gasteiger partial charge in [-0.05, 0) is 266 Å². The highest BCUT2D eigenvalue weighted by Crippen LogP contribution is 2.52. The number of rotatable bonds is 14. The maximum absolute atomic E-state index is 12.3. The van der Waals surface area contributed by atoms with Gasteiger partial charge in [-0.25, -0.2) is 0 Å². The third-order valence-corrected chi connectivity index (χ3v) is 25.7. The number of amides is 2. The molecule has 0 radical (unpaired) electrons. The Balaban J connectivity index is 0.000000496. The zero-order valence-electron chi connectivity index (χ0n) is 92.3. The van der Waals surface area contributed by atoms with E-state index in [1.807, 2.05) is 85.8 Å². The second-order valence-electron chi connectivity index (χ2n) is 55.4. The van der Waals surface area contributed by atoms with E-state index in [9.17, 15) is 19.5 Å². The lowest BCUT2D eigenvalue weighted by Crippen LogP contribution is -2.52. The lowest BCUT2D eigenvalue weighted by Gasteiger charge is -2.40. The van der Waals surface area contributed by atoms with E-state index in [4.69, 9.17) is 13.9 Å². The highest BCUT2D eigenvalue weighted by molar-refractivity contribution is 7.12. The summed E-state index contributed by atoms with van der Waals surface area (Å²) in [6.07, 6.45) is 21.3. The van der Waals surface area contributed by atoms with Crippen molar-refractivity contribution in [2.24, 2.45) is 66.5 Å². The molecule has 128 heavy (non-hydrogen) atoms. The number of nitrogens with one attached hydrogen (secondary N) is 3. The molecular weight excluding hydrogens is 1590 g/mol. The number of ether oxygens (including phenoxy) is 2. The monoisotopic (exact) mass is 1790 g/mol. The molecule has 3 aliphatic rings.